The maximum Gasteiger partial charge on any atom is 0.100 e. The smallest absolute Gasteiger partial charge is 0.100 e. The molecule has 88 valence electrons. The van der Waals surface area contributed by atoms with Gasteiger partial charge in [0.1, 0.15) is 5.84 Å². The lowest BCUT2D eigenvalue weighted by Gasteiger charge is -2.30. The highest BCUT2D eigenvalue weighted by Gasteiger charge is 2.14. The number of rotatable bonds is 2. The van der Waals surface area contributed by atoms with Crippen molar-refractivity contribution in [3.05, 3.63) is 23.8 Å². The second-order valence-corrected chi connectivity index (χ2v) is 4.30. The van der Waals surface area contributed by atoms with Gasteiger partial charge in [-0.05, 0) is 12.0 Å². The van der Waals surface area contributed by atoms with Crippen LogP contribution in [0.1, 0.15) is 12.8 Å². The van der Waals surface area contributed by atoms with E-state index in [4.69, 9.17) is 5.41 Å². The first kappa shape index (κ1) is 11.4. The van der Waals surface area contributed by atoms with Gasteiger partial charge in [0.2, 0.25) is 0 Å². The third kappa shape index (κ3) is 2.93. The van der Waals surface area contributed by atoms with Crippen LogP contribution in [0.2, 0.25) is 0 Å². The summed E-state index contributed by atoms with van der Waals surface area (Å²) in [6, 6.07) is 0. The van der Waals surface area contributed by atoms with E-state index in [0.29, 0.717) is 18.7 Å². The van der Waals surface area contributed by atoms with Gasteiger partial charge in [-0.15, -0.1) is 0 Å². The van der Waals surface area contributed by atoms with Crippen LogP contribution in [-0.2, 0) is 0 Å². The molecule has 0 spiro atoms. The van der Waals surface area contributed by atoms with Gasteiger partial charge in [0.05, 0.1) is 6.10 Å². The molecule has 1 unspecified atom stereocenters. The fourth-order valence-electron chi connectivity index (χ4n) is 2.02. The van der Waals surface area contributed by atoms with Crippen molar-refractivity contribution in [2.75, 3.05) is 26.2 Å². The average Bonchev–Trinajstić information content (AvgIpc) is 2.33. The van der Waals surface area contributed by atoms with E-state index < -0.39 is 0 Å². The lowest BCUT2D eigenvalue weighted by atomic mass is 10.0. The molecule has 0 radical (unpaired) electrons. The van der Waals surface area contributed by atoms with Gasteiger partial charge in [-0.3, -0.25) is 5.41 Å². The third-order valence-electron chi connectivity index (χ3n) is 3.02. The maximum absolute atomic E-state index is 9.31. The molecule has 0 aromatic heterocycles. The molecular weight excluding hydrogens is 202 g/mol. The molecule has 2 aliphatic rings. The standard InChI is InChI=1S/C12H19N3O/c13-12(15-7-5-14-6-8-15)9-10-1-3-11(16)4-2-10/h1-3,11,13-14,16H,4-9H2. The molecule has 2 rings (SSSR count). The molecule has 0 bridgehead atoms. The Labute approximate surface area is 96.2 Å². The highest BCUT2D eigenvalue weighted by Crippen LogP contribution is 2.15. The number of aliphatic hydroxyl groups excluding tert-OH is 1. The second-order valence-electron chi connectivity index (χ2n) is 4.30. The van der Waals surface area contributed by atoms with Crippen molar-refractivity contribution in [3.8, 4) is 0 Å². The fraction of sp³-hybridized carbons (Fsp3) is 0.583. The zero-order chi connectivity index (χ0) is 11.4. The van der Waals surface area contributed by atoms with Gasteiger partial charge < -0.3 is 15.3 Å². The molecule has 1 aliphatic heterocycles. The summed E-state index contributed by atoms with van der Waals surface area (Å²) in [5.74, 6) is 0.689. The Kier molecular flexibility index (Phi) is 3.74. The van der Waals surface area contributed by atoms with Gasteiger partial charge >= 0.3 is 0 Å². The van der Waals surface area contributed by atoms with E-state index in [2.05, 4.69) is 10.2 Å². The third-order valence-corrected chi connectivity index (χ3v) is 3.02. The van der Waals surface area contributed by atoms with Crippen molar-refractivity contribution in [1.29, 1.82) is 5.41 Å². The van der Waals surface area contributed by atoms with Crippen molar-refractivity contribution < 1.29 is 5.11 Å². The van der Waals surface area contributed by atoms with Gasteiger partial charge in [-0.2, -0.15) is 0 Å². The van der Waals surface area contributed by atoms with Crippen molar-refractivity contribution in [2.24, 2.45) is 0 Å². The Morgan fingerprint density at radius 3 is 2.88 bits per heavy atom. The summed E-state index contributed by atoms with van der Waals surface area (Å²) in [5, 5.41) is 20.6. The highest BCUT2D eigenvalue weighted by molar-refractivity contribution is 5.82. The lowest BCUT2D eigenvalue weighted by Crippen LogP contribution is -2.46. The summed E-state index contributed by atoms with van der Waals surface area (Å²) >= 11 is 0. The maximum atomic E-state index is 9.31. The van der Waals surface area contributed by atoms with Crippen LogP contribution < -0.4 is 5.32 Å². The number of nitrogens with zero attached hydrogens (tertiary/aromatic N) is 1. The van der Waals surface area contributed by atoms with E-state index in [-0.39, 0.29) is 6.10 Å². The van der Waals surface area contributed by atoms with E-state index in [1.54, 1.807) is 6.08 Å². The number of piperazine rings is 1. The Morgan fingerprint density at radius 2 is 2.25 bits per heavy atom. The summed E-state index contributed by atoms with van der Waals surface area (Å²) in [7, 11) is 0. The first-order valence-corrected chi connectivity index (χ1v) is 5.84. The summed E-state index contributed by atoms with van der Waals surface area (Å²) in [5.41, 5.74) is 1.15. The van der Waals surface area contributed by atoms with E-state index >= 15 is 0 Å². The largest absolute Gasteiger partial charge is 0.389 e. The van der Waals surface area contributed by atoms with Crippen LogP contribution in [0.3, 0.4) is 0 Å². The minimum atomic E-state index is -0.336. The number of aliphatic hydroxyl groups is 1. The van der Waals surface area contributed by atoms with Crippen LogP contribution in [0.15, 0.2) is 23.8 Å². The van der Waals surface area contributed by atoms with Crippen LogP contribution >= 0.6 is 0 Å². The van der Waals surface area contributed by atoms with Crippen molar-refractivity contribution in [1.82, 2.24) is 10.2 Å². The van der Waals surface area contributed by atoms with Gasteiger partial charge in [-0.1, -0.05) is 18.2 Å². The van der Waals surface area contributed by atoms with Crippen LogP contribution in [0.25, 0.3) is 0 Å². The van der Waals surface area contributed by atoms with Crippen LogP contribution in [0, 0.1) is 5.41 Å². The van der Waals surface area contributed by atoms with E-state index in [1.807, 2.05) is 12.2 Å². The first-order valence-electron chi connectivity index (χ1n) is 5.84. The summed E-state index contributed by atoms with van der Waals surface area (Å²) in [6.45, 7) is 3.79. The Morgan fingerprint density at radius 1 is 1.50 bits per heavy atom. The van der Waals surface area contributed by atoms with Crippen molar-refractivity contribution in [3.63, 3.8) is 0 Å². The molecule has 1 saturated heterocycles. The molecule has 16 heavy (non-hydrogen) atoms. The molecular formula is C12H19N3O. The summed E-state index contributed by atoms with van der Waals surface area (Å²) in [6.07, 6.45) is 6.80. The second kappa shape index (κ2) is 5.27. The molecule has 1 heterocycles. The number of hydrogen-bond acceptors (Lipinski definition) is 3. The monoisotopic (exact) mass is 221 g/mol. The molecule has 4 heteroatoms. The topological polar surface area (TPSA) is 59.4 Å². The molecule has 1 fully saturated rings. The van der Waals surface area contributed by atoms with Crippen LogP contribution in [0.4, 0.5) is 0 Å². The molecule has 0 amide bonds. The molecule has 1 atom stereocenters. The van der Waals surface area contributed by atoms with E-state index in [9.17, 15) is 5.11 Å². The van der Waals surface area contributed by atoms with Gasteiger partial charge in [0.25, 0.3) is 0 Å². The Bertz CT molecular complexity index is 316. The predicted molar refractivity (Wildman–Crippen MR) is 64.6 cm³/mol. The molecule has 1 aliphatic carbocycles. The highest BCUT2D eigenvalue weighted by atomic mass is 16.3. The molecule has 0 aromatic rings. The Hall–Kier alpha value is -1.13. The SMILES string of the molecule is N=C(CC1=CCC(O)C=C1)N1CCNCC1. The van der Waals surface area contributed by atoms with Crippen molar-refractivity contribution >= 4 is 5.84 Å². The first-order chi connectivity index (χ1) is 7.75. The van der Waals surface area contributed by atoms with Gasteiger partial charge in [0.15, 0.2) is 0 Å². The average molecular weight is 221 g/mol. The fourth-order valence-corrected chi connectivity index (χ4v) is 2.02. The van der Waals surface area contributed by atoms with E-state index in [0.717, 1.165) is 31.8 Å². The summed E-state index contributed by atoms with van der Waals surface area (Å²) < 4.78 is 0. The number of nitrogens with one attached hydrogen (secondary N) is 2. The Balaban J connectivity index is 1.85. The number of hydrogen-bond donors (Lipinski definition) is 3. The summed E-state index contributed by atoms with van der Waals surface area (Å²) in [4.78, 5) is 2.12. The minimum absolute atomic E-state index is 0.336. The zero-order valence-corrected chi connectivity index (χ0v) is 9.45. The van der Waals surface area contributed by atoms with Gasteiger partial charge in [-0.25, -0.2) is 0 Å². The molecule has 0 saturated carbocycles. The molecule has 4 nitrogen and oxygen atoms in total. The number of allylic oxidation sites excluding steroid dienone is 1. The van der Waals surface area contributed by atoms with Crippen LogP contribution in [0.5, 0.6) is 0 Å². The predicted octanol–water partition coefficient (Wildman–Crippen LogP) is 0.506. The van der Waals surface area contributed by atoms with Crippen LogP contribution in [-0.4, -0.2) is 48.1 Å². The number of amidine groups is 1. The van der Waals surface area contributed by atoms with E-state index in [1.165, 1.54) is 0 Å². The quantitative estimate of drug-likeness (QED) is 0.470. The molecule has 0 aromatic carbocycles. The van der Waals surface area contributed by atoms with Gasteiger partial charge in [0, 0.05) is 32.6 Å². The normalized spacial score (nSPS) is 25.4. The molecule has 3 N–H and O–H groups in total. The minimum Gasteiger partial charge on any atom is -0.389 e. The zero-order valence-electron chi connectivity index (χ0n) is 9.45. The van der Waals surface area contributed by atoms with Crippen molar-refractivity contribution in [2.45, 2.75) is 18.9 Å². The lowest BCUT2D eigenvalue weighted by molar-refractivity contribution is 0.225.